The number of carbonyl (C=O) groups excluding carboxylic acids is 1. The van der Waals surface area contributed by atoms with Crippen LogP contribution >= 0.6 is 11.6 Å². The summed E-state index contributed by atoms with van der Waals surface area (Å²) in [6.07, 6.45) is 5.33. The van der Waals surface area contributed by atoms with Crippen molar-refractivity contribution in [2.24, 2.45) is 0 Å². The fourth-order valence-corrected chi connectivity index (χ4v) is 3.12. The molecule has 6 heteroatoms. The van der Waals surface area contributed by atoms with Gasteiger partial charge in [0.2, 0.25) is 0 Å². The molecule has 2 N–H and O–H groups in total. The SMILES string of the molecule is O=C(NC1CCCC1)c1ccc(NCCc2cccc(Cl)c2)nn1. The maximum absolute atomic E-state index is 12.1. The topological polar surface area (TPSA) is 66.9 Å². The first-order chi connectivity index (χ1) is 11.7. The normalized spacial score (nSPS) is 14.5. The number of halogens is 1. The molecule has 1 amide bonds. The smallest absolute Gasteiger partial charge is 0.272 e. The van der Waals surface area contributed by atoms with Crippen LogP contribution in [-0.2, 0) is 6.42 Å². The van der Waals surface area contributed by atoms with Gasteiger partial charge >= 0.3 is 0 Å². The van der Waals surface area contributed by atoms with Gasteiger partial charge in [-0.05, 0) is 49.1 Å². The molecule has 1 aromatic carbocycles. The lowest BCUT2D eigenvalue weighted by Crippen LogP contribution is -2.33. The highest BCUT2D eigenvalue weighted by Gasteiger charge is 2.18. The van der Waals surface area contributed by atoms with Crippen molar-refractivity contribution in [1.29, 1.82) is 0 Å². The van der Waals surface area contributed by atoms with Gasteiger partial charge in [-0.3, -0.25) is 4.79 Å². The highest BCUT2D eigenvalue weighted by molar-refractivity contribution is 6.30. The lowest BCUT2D eigenvalue weighted by atomic mass is 10.1. The predicted molar refractivity (Wildman–Crippen MR) is 95.4 cm³/mol. The number of nitrogens with zero attached hydrogens (tertiary/aromatic N) is 2. The van der Waals surface area contributed by atoms with Crippen LogP contribution in [0.25, 0.3) is 0 Å². The first-order valence-electron chi connectivity index (χ1n) is 8.33. The average Bonchev–Trinajstić information content (AvgIpc) is 3.08. The molecule has 2 aromatic rings. The third-order valence-electron chi connectivity index (χ3n) is 4.20. The van der Waals surface area contributed by atoms with E-state index in [1.807, 2.05) is 24.3 Å². The van der Waals surface area contributed by atoms with Crippen molar-refractivity contribution in [3.8, 4) is 0 Å². The second kappa shape index (κ2) is 8.11. The Kier molecular flexibility index (Phi) is 5.64. The lowest BCUT2D eigenvalue weighted by molar-refractivity contribution is 0.0932. The van der Waals surface area contributed by atoms with Gasteiger partial charge in [0.25, 0.3) is 5.91 Å². The zero-order chi connectivity index (χ0) is 16.8. The summed E-state index contributed by atoms with van der Waals surface area (Å²) in [4.78, 5) is 12.1. The third kappa shape index (κ3) is 4.68. The summed E-state index contributed by atoms with van der Waals surface area (Å²) in [5, 5.41) is 15.0. The number of carbonyl (C=O) groups is 1. The molecule has 0 bridgehead atoms. The van der Waals surface area contributed by atoms with Crippen molar-refractivity contribution >= 4 is 23.3 Å². The summed E-state index contributed by atoms with van der Waals surface area (Å²) in [7, 11) is 0. The summed E-state index contributed by atoms with van der Waals surface area (Å²) >= 11 is 5.97. The van der Waals surface area contributed by atoms with Crippen LogP contribution in [0, 0.1) is 0 Å². The second-order valence-electron chi connectivity index (χ2n) is 6.07. The largest absolute Gasteiger partial charge is 0.368 e. The van der Waals surface area contributed by atoms with Gasteiger partial charge in [-0.15, -0.1) is 10.2 Å². The molecule has 0 atom stereocenters. The van der Waals surface area contributed by atoms with Gasteiger partial charge in [0, 0.05) is 17.6 Å². The first-order valence-corrected chi connectivity index (χ1v) is 8.71. The highest BCUT2D eigenvalue weighted by atomic mass is 35.5. The second-order valence-corrected chi connectivity index (χ2v) is 6.50. The third-order valence-corrected chi connectivity index (χ3v) is 4.43. The molecule has 1 heterocycles. The molecule has 5 nitrogen and oxygen atoms in total. The van der Waals surface area contributed by atoms with E-state index in [-0.39, 0.29) is 11.9 Å². The fraction of sp³-hybridized carbons (Fsp3) is 0.389. The van der Waals surface area contributed by atoms with Crippen LogP contribution in [0.5, 0.6) is 0 Å². The van der Waals surface area contributed by atoms with E-state index in [0.29, 0.717) is 11.5 Å². The zero-order valence-corrected chi connectivity index (χ0v) is 14.2. The van der Waals surface area contributed by atoms with Gasteiger partial charge in [0.05, 0.1) is 0 Å². The summed E-state index contributed by atoms with van der Waals surface area (Å²) in [6, 6.07) is 11.6. The van der Waals surface area contributed by atoms with E-state index < -0.39 is 0 Å². The van der Waals surface area contributed by atoms with Gasteiger partial charge in [-0.25, -0.2) is 0 Å². The van der Waals surface area contributed by atoms with E-state index in [2.05, 4.69) is 20.8 Å². The lowest BCUT2D eigenvalue weighted by Gasteiger charge is -2.11. The molecule has 3 rings (SSSR count). The van der Waals surface area contributed by atoms with Gasteiger partial charge < -0.3 is 10.6 Å². The number of hydrogen-bond acceptors (Lipinski definition) is 4. The summed E-state index contributed by atoms with van der Waals surface area (Å²) in [5.74, 6) is 0.523. The Morgan fingerprint density at radius 1 is 1.17 bits per heavy atom. The highest BCUT2D eigenvalue weighted by Crippen LogP contribution is 2.18. The van der Waals surface area contributed by atoms with E-state index in [4.69, 9.17) is 11.6 Å². The number of nitrogens with one attached hydrogen (secondary N) is 2. The van der Waals surface area contributed by atoms with Gasteiger partial charge in [0.15, 0.2) is 5.69 Å². The van der Waals surface area contributed by atoms with Crippen LogP contribution in [-0.4, -0.2) is 28.7 Å². The number of hydrogen-bond donors (Lipinski definition) is 2. The predicted octanol–water partition coefficient (Wildman–Crippen LogP) is 3.46. The van der Waals surface area contributed by atoms with Crippen LogP contribution in [0.2, 0.25) is 5.02 Å². The van der Waals surface area contributed by atoms with Crippen LogP contribution < -0.4 is 10.6 Å². The molecule has 0 spiro atoms. The van der Waals surface area contributed by atoms with Crippen molar-refractivity contribution in [2.45, 2.75) is 38.1 Å². The average molecular weight is 345 g/mol. The number of aromatic nitrogens is 2. The first kappa shape index (κ1) is 16.7. The van der Waals surface area contributed by atoms with Crippen molar-refractivity contribution in [1.82, 2.24) is 15.5 Å². The van der Waals surface area contributed by atoms with E-state index >= 15 is 0 Å². The van der Waals surface area contributed by atoms with Gasteiger partial charge in [-0.2, -0.15) is 0 Å². The van der Waals surface area contributed by atoms with E-state index in [1.165, 1.54) is 12.8 Å². The van der Waals surface area contributed by atoms with E-state index in [0.717, 1.165) is 36.4 Å². The fourth-order valence-electron chi connectivity index (χ4n) is 2.90. The Hall–Kier alpha value is -2.14. The molecule has 1 aromatic heterocycles. The molecular weight excluding hydrogens is 324 g/mol. The van der Waals surface area contributed by atoms with Crippen LogP contribution in [0.3, 0.4) is 0 Å². The monoisotopic (exact) mass is 344 g/mol. The number of anilines is 1. The Balaban J connectivity index is 1.48. The zero-order valence-electron chi connectivity index (χ0n) is 13.5. The van der Waals surface area contributed by atoms with Crippen molar-refractivity contribution < 1.29 is 4.79 Å². The van der Waals surface area contributed by atoms with Crippen molar-refractivity contribution in [2.75, 3.05) is 11.9 Å². The molecule has 0 saturated heterocycles. The molecule has 1 aliphatic rings. The summed E-state index contributed by atoms with van der Waals surface area (Å²) in [6.45, 7) is 0.725. The van der Waals surface area contributed by atoms with Crippen LogP contribution in [0.4, 0.5) is 5.82 Å². The Bertz CT molecular complexity index is 684. The van der Waals surface area contributed by atoms with Crippen molar-refractivity contribution in [3.63, 3.8) is 0 Å². The maximum Gasteiger partial charge on any atom is 0.272 e. The number of benzene rings is 1. The number of amides is 1. The molecule has 1 aliphatic carbocycles. The van der Waals surface area contributed by atoms with Gasteiger partial charge in [0.1, 0.15) is 5.82 Å². The Morgan fingerprint density at radius 2 is 2.00 bits per heavy atom. The molecule has 24 heavy (non-hydrogen) atoms. The van der Waals surface area contributed by atoms with E-state index in [1.54, 1.807) is 12.1 Å². The Labute approximate surface area is 146 Å². The summed E-state index contributed by atoms with van der Waals surface area (Å²) < 4.78 is 0. The van der Waals surface area contributed by atoms with Crippen LogP contribution in [0.15, 0.2) is 36.4 Å². The molecular formula is C18H21ClN4O. The standard InChI is InChI=1S/C18H21ClN4O/c19-14-5-3-4-13(12-14)10-11-20-17-9-8-16(22-23-17)18(24)21-15-6-1-2-7-15/h3-5,8-9,12,15H,1-2,6-7,10-11H2,(H,20,23)(H,21,24). The maximum atomic E-state index is 12.1. The summed E-state index contributed by atoms with van der Waals surface area (Å²) in [5.41, 5.74) is 1.53. The molecule has 1 fully saturated rings. The van der Waals surface area contributed by atoms with Crippen LogP contribution in [0.1, 0.15) is 41.7 Å². The molecule has 0 aliphatic heterocycles. The minimum atomic E-state index is -0.139. The minimum absolute atomic E-state index is 0.139. The quantitative estimate of drug-likeness (QED) is 0.842. The molecule has 126 valence electrons. The van der Waals surface area contributed by atoms with E-state index in [9.17, 15) is 4.79 Å². The molecule has 1 saturated carbocycles. The van der Waals surface area contributed by atoms with Crippen molar-refractivity contribution in [3.05, 3.63) is 52.7 Å². The molecule has 0 unspecified atom stereocenters. The minimum Gasteiger partial charge on any atom is -0.368 e. The Morgan fingerprint density at radius 3 is 2.71 bits per heavy atom. The molecule has 0 radical (unpaired) electrons. The van der Waals surface area contributed by atoms with Gasteiger partial charge in [-0.1, -0.05) is 36.6 Å². The number of rotatable bonds is 6.